The second-order valence-electron chi connectivity index (χ2n) is 5.30. The third-order valence-electron chi connectivity index (χ3n) is 4.08. The number of aryl methyl sites for hydroxylation is 1. The molecule has 0 saturated carbocycles. The predicted octanol–water partition coefficient (Wildman–Crippen LogP) is 0.296. The molecular formula is C14H23N5O2. The van der Waals surface area contributed by atoms with E-state index in [0.717, 1.165) is 23.2 Å². The number of nitrogens with zero attached hydrogens (tertiary/aromatic N) is 4. The monoisotopic (exact) mass is 293 g/mol. The van der Waals surface area contributed by atoms with E-state index in [9.17, 15) is 9.59 Å². The molecule has 0 aromatic carbocycles. The van der Waals surface area contributed by atoms with Crippen molar-refractivity contribution in [1.82, 2.24) is 18.7 Å². The SMILES string of the molecule is CCC(CC)c1nc2c(c(=O)n(C)c(=O)n2C)n1CCN. The third-order valence-corrected chi connectivity index (χ3v) is 4.08. The van der Waals surface area contributed by atoms with Gasteiger partial charge in [0.05, 0.1) is 0 Å². The van der Waals surface area contributed by atoms with Crippen molar-refractivity contribution in [2.24, 2.45) is 19.8 Å². The van der Waals surface area contributed by atoms with Crippen LogP contribution in [-0.2, 0) is 20.6 Å². The molecule has 0 spiro atoms. The summed E-state index contributed by atoms with van der Waals surface area (Å²) in [5, 5.41) is 0. The quantitative estimate of drug-likeness (QED) is 0.858. The van der Waals surface area contributed by atoms with E-state index < -0.39 is 0 Å². The molecule has 0 amide bonds. The van der Waals surface area contributed by atoms with Crippen LogP contribution in [0, 0.1) is 0 Å². The Kier molecular flexibility index (Phi) is 4.32. The van der Waals surface area contributed by atoms with Crippen LogP contribution in [0.1, 0.15) is 38.4 Å². The zero-order valence-corrected chi connectivity index (χ0v) is 13.1. The van der Waals surface area contributed by atoms with Crippen LogP contribution in [0.25, 0.3) is 11.2 Å². The van der Waals surface area contributed by atoms with E-state index in [-0.39, 0.29) is 17.2 Å². The van der Waals surface area contributed by atoms with E-state index in [4.69, 9.17) is 5.73 Å². The summed E-state index contributed by atoms with van der Waals surface area (Å²) in [5.41, 5.74) is 5.93. The van der Waals surface area contributed by atoms with Gasteiger partial charge in [0.25, 0.3) is 5.56 Å². The molecule has 0 saturated heterocycles. The Hall–Kier alpha value is -1.89. The van der Waals surface area contributed by atoms with Crippen molar-refractivity contribution in [2.75, 3.05) is 6.54 Å². The largest absolute Gasteiger partial charge is 0.332 e. The van der Waals surface area contributed by atoms with Crippen LogP contribution < -0.4 is 17.0 Å². The molecular weight excluding hydrogens is 270 g/mol. The molecule has 0 radical (unpaired) electrons. The molecule has 116 valence electrons. The van der Waals surface area contributed by atoms with Crippen molar-refractivity contribution < 1.29 is 0 Å². The van der Waals surface area contributed by atoms with E-state index in [0.29, 0.717) is 24.3 Å². The Morgan fingerprint density at radius 3 is 2.29 bits per heavy atom. The van der Waals surface area contributed by atoms with E-state index in [1.165, 1.54) is 11.6 Å². The highest BCUT2D eigenvalue weighted by atomic mass is 16.2. The van der Waals surface area contributed by atoms with Crippen LogP contribution in [0.2, 0.25) is 0 Å². The first-order valence-electron chi connectivity index (χ1n) is 7.34. The molecule has 0 aliphatic carbocycles. The molecule has 0 atom stereocenters. The fourth-order valence-electron chi connectivity index (χ4n) is 2.78. The molecule has 2 aromatic heterocycles. The van der Waals surface area contributed by atoms with Gasteiger partial charge in [0.2, 0.25) is 0 Å². The number of hydrogen-bond donors (Lipinski definition) is 1. The van der Waals surface area contributed by atoms with Gasteiger partial charge in [0.15, 0.2) is 11.2 Å². The number of aromatic nitrogens is 4. The lowest BCUT2D eigenvalue weighted by atomic mass is 10.0. The number of nitrogens with two attached hydrogens (primary N) is 1. The topological polar surface area (TPSA) is 87.8 Å². The molecule has 2 aromatic rings. The Bertz CT molecular complexity index is 764. The van der Waals surface area contributed by atoms with Gasteiger partial charge < -0.3 is 10.3 Å². The Morgan fingerprint density at radius 1 is 1.14 bits per heavy atom. The molecule has 0 aliphatic rings. The third kappa shape index (κ3) is 2.31. The highest BCUT2D eigenvalue weighted by Crippen LogP contribution is 2.24. The Labute approximate surface area is 123 Å². The molecule has 0 unspecified atom stereocenters. The minimum Gasteiger partial charge on any atom is -0.329 e. The van der Waals surface area contributed by atoms with Crippen LogP contribution >= 0.6 is 0 Å². The van der Waals surface area contributed by atoms with Gasteiger partial charge in [-0.05, 0) is 12.8 Å². The lowest BCUT2D eigenvalue weighted by molar-refractivity contribution is 0.555. The molecule has 2 heterocycles. The standard InChI is InChI=1S/C14H23N5O2/c1-5-9(6-2)11-16-12-10(19(11)8-7-15)13(20)18(4)14(21)17(12)3/h9H,5-8,15H2,1-4H3. The van der Waals surface area contributed by atoms with Crippen LogP contribution in [0.3, 0.4) is 0 Å². The zero-order chi connectivity index (χ0) is 15.7. The summed E-state index contributed by atoms with van der Waals surface area (Å²) in [6, 6.07) is 0. The maximum Gasteiger partial charge on any atom is 0.332 e. The van der Waals surface area contributed by atoms with Crippen molar-refractivity contribution in [3.8, 4) is 0 Å². The van der Waals surface area contributed by atoms with Crippen molar-refractivity contribution in [1.29, 1.82) is 0 Å². The highest BCUT2D eigenvalue weighted by Gasteiger charge is 2.22. The summed E-state index contributed by atoms with van der Waals surface area (Å²) >= 11 is 0. The van der Waals surface area contributed by atoms with Gasteiger partial charge in [-0.1, -0.05) is 13.8 Å². The highest BCUT2D eigenvalue weighted by molar-refractivity contribution is 5.71. The molecule has 21 heavy (non-hydrogen) atoms. The van der Waals surface area contributed by atoms with Gasteiger partial charge in [0, 0.05) is 33.1 Å². The molecule has 2 rings (SSSR count). The van der Waals surface area contributed by atoms with Crippen molar-refractivity contribution in [3.05, 3.63) is 26.7 Å². The van der Waals surface area contributed by atoms with E-state index in [1.54, 1.807) is 7.05 Å². The molecule has 0 aliphatic heterocycles. The minimum absolute atomic E-state index is 0.253. The van der Waals surface area contributed by atoms with Gasteiger partial charge in [0.1, 0.15) is 5.82 Å². The normalized spacial score (nSPS) is 11.7. The summed E-state index contributed by atoms with van der Waals surface area (Å²) < 4.78 is 4.43. The second kappa shape index (κ2) is 5.85. The van der Waals surface area contributed by atoms with Crippen molar-refractivity contribution >= 4 is 11.2 Å². The average Bonchev–Trinajstić information content (AvgIpc) is 2.84. The van der Waals surface area contributed by atoms with Gasteiger partial charge in [-0.3, -0.25) is 13.9 Å². The fraction of sp³-hybridized carbons (Fsp3) is 0.643. The summed E-state index contributed by atoms with van der Waals surface area (Å²) in [6.07, 6.45) is 1.86. The Morgan fingerprint density at radius 2 is 1.76 bits per heavy atom. The van der Waals surface area contributed by atoms with Crippen molar-refractivity contribution in [3.63, 3.8) is 0 Å². The number of fused-ring (bicyclic) bond motifs is 1. The van der Waals surface area contributed by atoms with Gasteiger partial charge >= 0.3 is 5.69 Å². The van der Waals surface area contributed by atoms with Crippen LogP contribution in [0.4, 0.5) is 0 Å². The maximum absolute atomic E-state index is 12.5. The Balaban J connectivity index is 2.93. The molecule has 7 nitrogen and oxygen atoms in total. The summed E-state index contributed by atoms with van der Waals surface area (Å²) in [6.45, 7) is 5.13. The lowest BCUT2D eigenvalue weighted by Gasteiger charge is -2.14. The number of rotatable bonds is 5. The summed E-state index contributed by atoms with van der Waals surface area (Å²) in [5.74, 6) is 1.10. The van der Waals surface area contributed by atoms with Crippen molar-refractivity contribution in [2.45, 2.75) is 39.2 Å². The van der Waals surface area contributed by atoms with Gasteiger partial charge in [-0.15, -0.1) is 0 Å². The van der Waals surface area contributed by atoms with Crippen LogP contribution in [-0.4, -0.2) is 25.2 Å². The molecule has 7 heteroatoms. The summed E-state index contributed by atoms with van der Waals surface area (Å²) in [4.78, 5) is 29.1. The molecule has 0 fully saturated rings. The number of hydrogen-bond acceptors (Lipinski definition) is 4. The smallest absolute Gasteiger partial charge is 0.329 e. The lowest BCUT2D eigenvalue weighted by Crippen LogP contribution is -2.37. The predicted molar refractivity (Wildman–Crippen MR) is 82.6 cm³/mol. The van der Waals surface area contributed by atoms with Gasteiger partial charge in [-0.25, -0.2) is 9.78 Å². The van der Waals surface area contributed by atoms with E-state index >= 15 is 0 Å². The van der Waals surface area contributed by atoms with E-state index in [1.807, 2.05) is 4.57 Å². The average molecular weight is 293 g/mol. The second-order valence-corrected chi connectivity index (χ2v) is 5.30. The fourth-order valence-corrected chi connectivity index (χ4v) is 2.78. The first kappa shape index (κ1) is 15.5. The number of imidazole rings is 1. The molecule has 0 bridgehead atoms. The maximum atomic E-state index is 12.5. The molecule has 2 N–H and O–H groups in total. The van der Waals surface area contributed by atoms with E-state index in [2.05, 4.69) is 18.8 Å². The van der Waals surface area contributed by atoms with Gasteiger partial charge in [-0.2, -0.15) is 0 Å². The zero-order valence-electron chi connectivity index (χ0n) is 13.1. The first-order chi connectivity index (χ1) is 9.97. The van der Waals surface area contributed by atoms with Crippen LogP contribution in [0.15, 0.2) is 9.59 Å². The summed E-state index contributed by atoms with van der Waals surface area (Å²) in [7, 11) is 3.13. The first-order valence-corrected chi connectivity index (χ1v) is 7.34. The minimum atomic E-state index is -0.360. The van der Waals surface area contributed by atoms with Crippen LogP contribution in [0.5, 0.6) is 0 Å².